The summed E-state index contributed by atoms with van der Waals surface area (Å²) in [5.41, 5.74) is 0.681. The van der Waals surface area contributed by atoms with Gasteiger partial charge in [0.15, 0.2) is 0 Å². The molecule has 0 aliphatic rings. The third-order valence-corrected chi connectivity index (χ3v) is 2.13. The number of aliphatic hydroxyl groups is 1. The summed E-state index contributed by atoms with van der Waals surface area (Å²) in [4.78, 5) is 0. The molecular weight excluding hydrogens is 212 g/mol. The third-order valence-electron chi connectivity index (χ3n) is 1.90. The molecule has 0 heterocycles. The van der Waals surface area contributed by atoms with Gasteiger partial charge >= 0.3 is 0 Å². The molecule has 0 amide bonds. The van der Waals surface area contributed by atoms with Gasteiger partial charge < -0.3 is 9.84 Å². The quantitative estimate of drug-likeness (QED) is 0.801. The van der Waals surface area contributed by atoms with Gasteiger partial charge in [-0.3, -0.25) is 0 Å². The summed E-state index contributed by atoms with van der Waals surface area (Å²) in [5, 5.41) is 10.1. The van der Waals surface area contributed by atoms with Gasteiger partial charge in [0.2, 0.25) is 0 Å². The number of ether oxygens (including phenoxy) is 1. The van der Waals surface area contributed by atoms with Crippen molar-refractivity contribution in [1.82, 2.24) is 0 Å². The number of rotatable bonds is 3. The lowest BCUT2D eigenvalue weighted by atomic mass is 10.1. The third kappa shape index (κ3) is 3.47. The van der Waals surface area contributed by atoms with E-state index in [0.717, 1.165) is 0 Å². The molecular formula is C12H13ClO2. The summed E-state index contributed by atoms with van der Waals surface area (Å²) in [6, 6.07) is 5.16. The van der Waals surface area contributed by atoms with Crippen LogP contribution in [0.4, 0.5) is 0 Å². The van der Waals surface area contributed by atoms with E-state index in [1.54, 1.807) is 32.0 Å². The molecule has 1 rings (SSSR count). The average Bonchev–Trinajstić information content (AvgIpc) is 2.20. The molecule has 1 aromatic rings. The standard InChI is InChI=1S/C12H13ClO2/c1-3-4-7-15-12-6-5-10(13)8-11(12)9(2)14/h5-6,8-9,14H,7H2,1-2H3. The number of benzene rings is 1. The van der Waals surface area contributed by atoms with Gasteiger partial charge in [0.1, 0.15) is 12.4 Å². The van der Waals surface area contributed by atoms with E-state index >= 15 is 0 Å². The van der Waals surface area contributed by atoms with Crippen molar-refractivity contribution in [2.45, 2.75) is 20.0 Å². The molecule has 1 atom stereocenters. The second-order valence-corrected chi connectivity index (χ2v) is 3.51. The predicted octanol–water partition coefficient (Wildman–Crippen LogP) is 2.80. The van der Waals surface area contributed by atoms with E-state index in [0.29, 0.717) is 22.9 Å². The van der Waals surface area contributed by atoms with E-state index in [9.17, 15) is 5.11 Å². The van der Waals surface area contributed by atoms with Crippen molar-refractivity contribution >= 4 is 11.6 Å². The van der Waals surface area contributed by atoms with Crippen LogP contribution in [-0.2, 0) is 0 Å². The first-order chi connectivity index (χ1) is 7.15. The van der Waals surface area contributed by atoms with Crippen LogP contribution in [0.3, 0.4) is 0 Å². The van der Waals surface area contributed by atoms with Gasteiger partial charge in [-0.05, 0) is 32.0 Å². The van der Waals surface area contributed by atoms with Crippen molar-refractivity contribution in [3.05, 3.63) is 28.8 Å². The number of hydrogen-bond acceptors (Lipinski definition) is 2. The molecule has 1 aromatic carbocycles. The highest BCUT2D eigenvalue weighted by atomic mass is 35.5. The zero-order valence-electron chi connectivity index (χ0n) is 8.75. The number of aliphatic hydroxyl groups excluding tert-OH is 1. The fraction of sp³-hybridized carbons (Fsp3) is 0.333. The van der Waals surface area contributed by atoms with Gasteiger partial charge in [0.25, 0.3) is 0 Å². The maximum atomic E-state index is 9.51. The molecule has 3 heteroatoms. The lowest BCUT2D eigenvalue weighted by Crippen LogP contribution is -2.00. The number of halogens is 1. The van der Waals surface area contributed by atoms with Crippen LogP contribution in [0.2, 0.25) is 5.02 Å². The van der Waals surface area contributed by atoms with E-state index in [1.807, 2.05) is 0 Å². The van der Waals surface area contributed by atoms with Gasteiger partial charge in [-0.25, -0.2) is 0 Å². The Morgan fingerprint density at radius 2 is 2.27 bits per heavy atom. The Kier molecular flexibility index (Phi) is 4.48. The first kappa shape index (κ1) is 11.9. The topological polar surface area (TPSA) is 29.5 Å². The van der Waals surface area contributed by atoms with Gasteiger partial charge in [-0.1, -0.05) is 17.5 Å². The van der Waals surface area contributed by atoms with Crippen molar-refractivity contribution in [3.63, 3.8) is 0 Å². The molecule has 0 aliphatic heterocycles. The molecule has 0 spiro atoms. The molecule has 1 N–H and O–H groups in total. The molecule has 0 aromatic heterocycles. The molecule has 0 aliphatic carbocycles. The van der Waals surface area contributed by atoms with E-state index in [2.05, 4.69) is 11.8 Å². The fourth-order valence-corrected chi connectivity index (χ4v) is 1.34. The van der Waals surface area contributed by atoms with Crippen molar-refractivity contribution in [1.29, 1.82) is 0 Å². The van der Waals surface area contributed by atoms with E-state index in [-0.39, 0.29) is 0 Å². The van der Waals surface area contributed by atoms with Crippen molar-refractivity contribution in [2.24, 2.45) is 0 Å². The summed E-state index contributed by atoms with van der Waals surface area (Å²) >= 11 is 5.83. The average molecular weight is 225 g/mol. The molecule has 15 heavy (non-hydrogen) atoms. The minimum Gasteiger partial charge on any atom is -0.481 e. The van der Waals surface area contributed by atoms with Gasteiger partial charge in [-0.15, -0.1) is 5.92 Å². The molecule has 0 radical (unpaired) electrons. The Balaban J connectivity index is 2.89. The minimum absolute atomic E-state index is 0.317. The highest BCUT2D eigenvalue weighted by Crippen LogP contribution is 2.28. The van der Waals surface area contributed by atoms with Crippen LogP contribution in [0.25, 0.3) is 0 Å². The molecule has 1 unspecified atom stereocenters. The maximum Gasteiger partial charge on any atom is 0.149 e. The lowest BCUT2D eigenvalue weighted by Gasteiger charge is -2.12. The Labute approximate surface area is 94.8 Å². The van der Waals surface area contributed by atoms with Crippen LogP contribution in [0.5, 0.6) is 5.75 Å². The summed E-state index contributed by atoms with van der Waals surface area (Å²) in [6.07, 6.45) is -0.603. The highest BCUT2D eigenvalue weighted by molar-refractivity contribution is 6.30. The van der Waals surface area contributed by atoms with Gasteiger partial charge in [0.05, 0.1) is 6.10 Å². The van der Waals surface area contributed by atoms with Crippen LogP contribution in [0.1, 0.15) is 25.5 Å². The smallest absolute Gasteiger partial charge is 0.149 e. The van der Waals surface area contributed by atoms with E-state index in [4.69, 9.17) is 16.3 Å². The Morgan fingerprint density at radius 3 is 2.87 bits per heavy atom. The second kappa shape index (κ2) is 5.65. The summed E-state index contributed by atoms with van der Waals surface area (Å²) in [7, 11) is 0. The molecule has 80 valence electrons. The van der Waals surface area contributed by atoms with Crippen LogP contribution >= 0.6 is 11.6 Å². The van der Waals surface area contributed by atoms with Crippen LogP contribution in [0, 0.1) is 11.8 Å². The summed E-state index contributed by atoms with van der Waals surface area (Å²) < 4.78 is 5.40. The first-order valence-electron chi connectivity index (χ1n) is 4.65. The zero-order valence-corrected chi connectivity index (χ0v) is 9.51. The largest absolute Gasteiger partial charge is 0.481 e. The van der Waals surface area contributed by atoms with E-state index in [1.165, 1.54) is 0 Å². The SMILES string of the molecule is CC#CCOc1ccc(Cl)cc1C(C)O. The first-order valence-corrected chi connectivity index (χ1v) is 5.03. The predicted molar refractivity (Wildman–Crippen MR) is 61.0 cm³/mol. The fourth-order valence-electron chi connectivity index (χ4n) is 1.16. The summed E-state index contributed by atoms with van der Waals surface area (Å²) in [6.45, 7) is 3.74. The minimum atomic E-state index is -0.603. The monoisotopic (exact) mass is 224 g/mol. The highest BCUT2D eigenvalue weighted by Gasteiger charge is 2.09. The maximum absolute atomic E-state index is 9.51. The second-order valence-electron chi connectivity index (χ2n) is 3.07. The molecule has 0 saturated heterocycles. The Bertz CT molecular complexity index is 388. The molecule has 0 bridgehead atoms. The van der Waals surface area contributed by atoms with E-state index < -0.39 is 6.10 Å². The molecule has 2 nitrogen and oxygen atoms in total. The number of hydrogen-bond donors (Lipinski definition) is 1. The normalized spacial score (nSPS) is 11.5. The van der Waals surface area contributed by atoms with Gasteiger partial charge in [0, 0.05) is 10.6 Å². The van der Waals surface area contributed by atoms with Gasteiger partial charge in [-0.2, -0.15) is 0 Å². The molecule has 0 saturated carbocycles. The molecule has 0 fully saturated rings. The summed E-state index contributed by atoms with van der Waals surface area (Å²) in [5.74, 6) is 6.15. The van der Waals surface area contributed by atoms with Crippen LogP contribution in [-0.4, -0.2) is 11.7 Å². The van der Waals surface area contributed by atoms with Crippen LogP contribution < -0.4 is 4.74 Å². The Hall–Kier alpha value is -1.17. The van der Waals surface area contributed by atoms with Crippen molar-refractivity contribution in [2.75, 3.05) is 6.61 Å². The van der Waals surface area contributed by atoms with Crippen LogP contribution in [0.15, 0.2) is 18.2 Å². The lowest BCUT2D eigenvalue weighted by molar-refractivity contribution is 0.193. The van der Waals surface area contributed by atoms with Crippen molar-refractivity contribution < 1.29 is 9.84 Å². The Morgan fingerprint density at radius 1 is 1.53 bits per heavy atom. The zero-order chi connectivity index (χ0) is 11.3. The van der Waals surface area contributed by atoms with Crippen molar-refractivity contribution in [3.8, 4) is 17.6 Å².